The Hall–Kier alpha value is -2.53. The predicted molar refractivity (Wildman–Crippen MR) is 77.2 cm³/mol. The predicted octanol–water partition coefficient (Wildman–Crippen LogP) is 2.87. The Labute approximate surface area is 120 Å². The van der Waals surface area contributed by atoms with Gasteiger partial charge in [-0.15, -0.1) is 0 Å². The number of nitrogens with one attached hydrogen (secondary N) is 1. The van der Waals surface area contributed by atoms with Crippen LogP contribution in [0.4, 0.5) is 11.4 Å². The summed E-state index contributed by atoms with van der Waals surface area (Å²) in [5.74, 6) is -1.49. The van der Waals surface area contributed by atoms with Crippen molar-refractivity contribution in [2.24, 2.45) is 0 Å². The zero-order valence-corrected chi connectivity index (χ0v) is 11.0. The average Bonchev–Trinajstić information content (AvgIpc) is 2.38. The molecule has 1 amide bonds. The molecule has 0 aromatic heterocycles. The van der Waals surface area contributed by atoms with Crippen LogP contribution in [0.15, 0.2) is 42.5 Å². The summed E-state index contributed by atoms with van der Waals surface area (Å²) < 4.78 is 0. The largest absolute Gasteiger partial charge is 0.478 e. The molecule has 0 saturated heterocycles. The maximum atomic E-state index is 12.0. The fourth-order valence-electron chi connectivity index (χ4n) is 1.62. The first-order valence-corrected chi connectivity index (χ1v) is 6.04. The SMILES string of the molecule is Nc1ccc(C(=O)Nc2cc(Cl)cc(C(=O)O)c2)cc1. The molecule has 4 N–H and O–H groups in total. The lowest BCUT2D eigenvalue weighted by molar-refractivity contribution is 0.0696. The number of amides is 1. The average molecular weight is 291 g/mol. The molecule has 0 heterocycles. The van der Waals surface area contributed by atoms with Crippen LogP contribution in [0.5, 0.6) is 0 Å². The summed E-state index contributed by atoms with van der Waals surface area (Å²) in [5, 5.41) is 11.8. The van der Waals surface area contributed by atoms with Crippen LogP contribution >= 0.6 is 11.6 Å². The number of aromatic carboxylic acids is 1. The zero-order chi connectivity index (χ0) is 14.7. The van der Waals surface area contributed by atoms with Crippen LogP contribution in [0, 0.1) is 0 Å². The second-order valence-electron chi connectivity index (χ2n) is 4.11. The van der Waals surface area contributed by atoms with E-state index < -0.39 is 5.97 Å². The molecule has 5 nitrogen and oxygen atoms in total. The highest BCUT2D eigenvalue weighted by atomic mass is 35.5. The Morgan fingerprint density at radius 2 is 1.70 bits per heavy atom. The molecule has 20 heavy (non-hydrogen) atoms. The normalized spacial score (nSPS) is 10.1. The van der Waals surface area contributed by atoms with Crippen LogP contribution in [-0.2, 0) is 0 Å². The second kappa shape index (κ2) is 5.63. The Bertz CT molecular complexity index is 669. The van der Waals surface area contributed by atoms with E-state index in [0.717, 1.165) is 0 Å². The number of hydrogen-bond acceptors (Lipinski definition) is 3. The van der Waals surface area contributed by atoms with E-state index in [-0.39, 0.29) is 16.5 Å². The highest BCUT2D eigenvalue weighted by Gasteiger charge is 2.10. The second-order valence-corrected chi connectivity index (χ2v) is 4.55. The van der Waals surface area contributed by atoms with Gasteiger partial charge in [0.05, 0.1) is 5.56 Å². The Morgan fingerprint density at radius 3 is 2.30 bits per heavy atom. The summed E-state index contributed by atoms with van der Waals surface area (Å²) in [6.45, 7) is 0. The van der Waals surface area contributed by atoms with Crippen molar-refractivity contribution in [1.82, 2.24) is 0 Å². The highest BCUT2D eigenvalue weighted by molar-refractivity contribution is 6.31. The van der Waals surface area contributed by atoms with E-state index in [0.29, 0.717) is 16.9 Å². The number of carboxylic acids is 1. The summed E-state index contributed by atoms with van der Waals surface area (Å²) >= 11 is 5.81. The molecular formula is C14H11ClN2O3. The lowest BCUT2D eigenvalue weighted by Crippen LogP contribution is -2.12. The molecule has 0 aliphatic heterocycles. The molecule has 2 aromatic carbocycles. The van der Waals surface area contributed by atoms with Gasteiger partial charge in [-0.05, 0) is 42.5 Å². The van der Waals surface area contributed by atoms with Crippen LogP contribution < -0.4 is 11.1 Å². The number of anilines is 2. The number of carboxylic acid groups (broad SMARTS) is 1. The van der Waals surface area contributed by atoms with Crippen molar-refractivity contribution in [2.45, 2.75) is 0 Å². The van der Waals surface area contributed by atoms with E-state index in [9.17, 15) is 9.59 Å². The molecule has 0 aliphatic carbocycles. The lowest BCUT2D eigenvalue weighted by atomic mass is 10.1. The van der Waals surface area contributed by atoms with Gasteiger partial charge in [-0.2, -0.15) is 0 Å². The molecule has 0 unspecified atom stereocenters. The van der Waals surface area contributed by atoms with Crippen LogP contribution in [0.2, 0.25) is 5.02 Å². The van der Waals surface area contributed by atoms with Gasteiger partial charge in [0.25, 0.3) is 5.91 Å². The maximum absolute atomic E-state index is 12.0. The van der Waals surface area contributed by atoms with Gasteiger partial charge in [0.15, 0.2) is 0 Å². The molecule has 102 valence electrons. The van der Waals surface area contributed by atoms with E-state index >= 15 is 0 Å². The molecule has 2 rings (SSSR count). The van der Waals surface area contributed by atoms with Crippen molar-refractivity contribution >= 4 is 34.9 Å². The van der Waals surface area contributed by atoms with Gasteiger partial charge < -0.3 is 16.2 Å². The number of halogens is 1. The van der Waals surface area contributed by atoms with E-state index in [1.165, 1.54) is 18.2 Å². The summed E-state index contributed by atoms with van der Waals surface area (Å²) in [6, 6.07) is 10.5. The minimum Gasteiger partial charge on any atom is -0.478 e. The topological polar surface area (TPSA) is 92.4 Å². The lowest BCUT2D eigenvalue weighted by Gasteiger charge is -2.07. The van der Waals surface area contributed by atoms with Crippen LogP contribution in [0.1, 0.15) is 20.7 Å². The minimum atomic E-state index is -1.12. The van der Waals surface area contributed by atoms with Gasteiger partial charge in [0.2, 0.25) is 0 Å². The van der Waals surface area contributed by atoms with Gasteiger partial charge in [-0.1, -0.05) is 11.6 Å². The number of benzene rings is 2. The van der Waals surface area contributed by atoms with E-state index in [4.69, 9.17) is 22.4 Å². The van der Waals surface area contributed by atoms with Gasteiger partial charge in [0, 0.05) is 22.0 Å². The minimum absolute atomic E-state index is 0.00473. The van der Waals surface area contributed by atoms with Crippen molar-refractivity contribution in [3.63, 3.8) is 0 Å². The van der Waals surface area contributed by atoms with Crippen molar-refractivity contribution in [3.05, 3.63) is 58.6 Å². The Balaban J connectivity index is 2.23. The third kappa shape index (κ3) is 3.27. The quantitative estimate of drug-likeness (QED) is 0.758. The van der Waals surface area contributed by atoms with Crippen LogP contribution in [-0.4, -0.2) is 17.0 Å². The number of carbonyl (C=O) groups is 2. The summed E-state index contributed by atoms with van der Waals surface area (Å²) in [4.78, 5) is 22.9. The van der Waals surface area contributed by atoms with Crippen molar-refractivity contribution in [3.8, 4) is 0 Å². The summed E-state index contributed by atoms with van der Waals surface area (Å²) in [6.07, 6.45) is 0. The number of rotatable bonds is 3. The Kier molecular flexibility index (Phi) is 3.91. The van der Waals surface area contributed by atoms with Gasteiger partial charge in [-0.3, -0.25) is 4.79 Å². The monoisotopic (exact) mass is 290 g/mol. The van der Waals surface area contributed by atoms with E-state index in [1.807, 2.05) is 0 Å². The van der Waals surface area contributed by atoms with Crippen LogP contribution in [0.3, 0.4) is 0 Å². The third-order valence-electron chi connectivity index (χ3n) is 2.58. The number of carbonyl (C=O) groups excluding carboxylic acids is 1. The highest BCUT2D eigenvalue weighted by Crippen LogP contribution is 2.20. The summed E-state index contributed by atoms with van der Waals surface area (Å²) in [7, 11) is 0. The molecule has 0 bridgehead atoms. The number of hydrogen-bond donors (Lipinski definition) is 3. The van der Waals surface area contributed by atoms with E-state index in [2.05, 4.69) is 5.32 Å². The van der Waals surface area contributed by atoms with Gasteiger partial charge in [-0.25, -0.2) is 4.79 Å². The molecule has 0 radical (unpaired) electrons. The Morgan fingerprint density at radius 1 is 1.05 bits per heavy atom. The number of nitrogens with two attached hydrogens (primary N) is 1. The molecule has 2 aromatic rings. The van der Waals surface area contributed by atoms with Crippen LogP contribution in [0.25, 0.3) is 0 Å². The summed E-state index contributed by atoms with van der Waals surface area (Å²) in [5.41, 5.74) is 6.83. The fraction of sp³-hybridized carbons (Fsp3) is 0. The van der Waals surface area contributed by atoms with Crippen molar-refractivity contribution in [2.75, 3.05) is 11.1 Å². The fourth-order valence-corrected chi connectivity index (χ4v) is 1.86. The molecule has 6 heteroatoms. The standard InChI is InChI=1S/C14H11ClN2O3/c15-10-5-9(14(19)20)6-12(7-10)17-13(18)8-1-3-11(16)4-2-8/h1-7H,16H2,(H,17,18)(H,19,20). The van der Waals surface area contributed by atoms with Gasteiger partial charge in [0.1, 0.15) is 0 Å². The first kappa shape index (κ1) is 13.9. The molecular weight excluding hydrogens is 280 g/mol. The molecule has 0 fully saturated rings. The zero-order valence-electron chi connectivity index (χ0n) is 10.3. The molecule has 0 aliphatic rings. The third-order valence-corrected chi connectivity index (χ3v) is 2.79. The number of nitrogen functional groups attached to an aromatic ring is 1. The molecule has 0 saturated carbocycles. The van der Waals surface area contributed by atoms with Crippen molar-refractivity contribution < 1.29 is 14.7 Å². The van der Waals surface area contributed by atoms with Crippen molar-refractivity contribution in [1.29, 1.82) is 0 Å². The first-order chi connectivity index (χ1) is 9.45. The molecule has 0 atom stereocenters. The maximum Gasteiger partial charge on any atom is 0.335 e. The first-order valence-electron chi connectivity index (χ1n) is 5.66. The van der Waals surface area contributed by atoms with E-state index in [1.54, 1.807) is 24.3 Å². The smallest absolute Gasteiger partial charge is 0.335 e. The van der Waals surface area contributed by atoms with Gasteiger partial charge >= 0.3 is 5.97 Å². The molecule has 0 spiro atoms.